The molecule has 0 fully saturated rings. The van der Waals surface area contributed by atoms with Gasteiger partial charge in [0.05, 0.1) is 0 Å². The van der Waals surface area contributed by atoms with Crippen LogP contribution in [0.25, 0.3) is 0 Å². The molecule has 0 N–H and O–H groups in total. The Hall–Kier alpha value is -1.47. The van der Waals surface area contributed by atoms with Crippen LogP contribution in [0.1, 0.15) is 16.1 Å². The quantitative estimate of drug-likeness (QED) is 0.621. The first-order valence-corrected chi connectivity index (χ1v) is 3.29. The van der Waals surface area contributed by atoms with Gasteiger partial charge in [-0.15, -0.1) is 0 Å². The summed E-state index contributed by atoms with van der Waals surface area (Å²) in [6.07, 6.45) is 1.09. The third kappa shape index (κ3) is 1.41. The zero-order valence-electron chi connectivity index (χ0n) is 5.71. The topological polar surface area (TPSA) is 53.8 Å². The normalized spacial score (nSPS) is 9.08. The van der Waals surface area contributed by atoms with Crippen LogP contribution in [0, 0.1) is 17.1 Å². The van der Waals surface area contributed by atoms with Gasteiger partial charge in [-0.1, -0.05) is 0 Å². The number of nitriles is 1. The van der Waals surface area contributed by atoms with Crippen molar-refractivity contribution in [3.63, 3.8) is 0 Å². The molecule has 0 unspecified atom stereocenters. The Morgan fingerprint density at radius 2 is 2.42 bits per heavy atom. The Morgan fingerprint density at radius 3 is 2.83 bits per heavy atom. The lowest BCUT2D eigenvalue weighted by molar-refractivity contribution is 0.107. The molecule has 0 atom stereocenters. The monoisotopic (exact) mass is 184 g/mol. The molecule has 1 aromatic rings. The fourth-order valence-electron chi connectivity index (χ4n) is 0.710. The summed E-state index contributed by atoms with van der Waals surface area (Å²) in [6, 6.07) is 2.53. The van der Waals surface area contributed by atoms with Crippen LogP contribution in [-0.4, -0.2) is 10.2 Å². The van der Waals surface area contributed by atoms with Gasteiger partial charge in [0.1, 0.15) is 17.4 Å². The largest absolute Gasteiger partial charge is 0.275 e. The molecule has 0 aromatic carbocycles. The number of carbonyl (C=O) groups excluding carboxylic acids is 1. The van der Waals surface area contributed by atoms with Crippen LogP contribution in [0.5, 0.6) is 0 Å². The maximum atomic E-state index is 12.8. The third-order valence-electron chi connectivity index (χ3n) is 1.20. The van der Waals surface area contributed by atoms with E-state index in [1.807, 2.05) is 0 Å². The summed E-state index contributed by atoms with van der Waals surface area (Å²) in [7, 11) is 0. The summed E-state index contributed by atoms with van der Waals surface area (Å²) in [5, 5.41) is 7.39. The Labute approximate surface area is 72.4 Å². The average molecular weight is 185 g/mol. The van der Waals surface area contributed by atoms with Crippen molar-refractivity contribution in [2.45, 2.75) is 0 Å². The average Bonchev–Trinajstić information content (AvgIpc) is 2.03. The molecule has 1 aromatic heterocycles. The lowest BCUT2D eigenvalue weighted by Crippen LogP contribution is -2.00. The van der Waals surface area contributed by atoms with E-state index in [9.17, 15) is 9.18 Å². The van der Waals surface area contributed by atoms with Gasteiger partial charge >= 0.3 is 0 Å². The van der Waals surface area contributed by atoms with Crippen molar-refractivity contribution in [3.05, 3.63) is 29.3 Å². The molecule has 5 heteroatoms. The number of rotatable bonds is 1. The Balaban J connectivity index is 3.42. The summed E-state index contributed by atoms with van der Waals surface area (Å²) in [4.78, 5) is 14.1. The zero-order chi connectivity index (χ0) is 9.14. The van der Waals surface area contributed by atoms with Crippen molar-refractivity contribution < 1.29 is 9.18 Å². The maximum Gasteiger partial charge on any atom is 0.258 e. The first kappa shape index (κ1) is 8.62. The van der Waals surface area contributed by atoms with Gasteiger partial charge < -0.3 is 0 Å². The van der Waals surface area contributed by atoms with Crippen molar-refractivity contribution in [1.29, 1.82) is 5.26 Å². The summed E-state index contributed by atoms with van der Waals surface area (Å²) in [5.41, 5.74) is -0.767. The van der Waals surface area contributed by atoms with Gasteiger partial charge in [0.2, 0.25) is 0 Å². The lowest BCUT2D eigenvalue weighted by Gasteiger charge is -1.96. The van der Waals surface area contributed by atoms with Gasteiger partial charge in [-0.05, 0) is 17.7 Å². The summed E-state index contributed by atoms with van der Waals surface area (Å²) in [5.74, 6) is -0.832. The van der Waals surface area contributed by atoms with Gasteiger partial charge in [-0.2, -0.15) is 5.26 Å². The van der Waals surface area contributed by atoms with Crippen LogP contribution in [0.3, 0.4) is 0 Å². The molecule has 0 amide bonds. The van der Waals surface area contributed by atoms with Crippen LogP contribution in [0.4, 0.5) is 4.39 Å². The van der Waals surface area contributed by atoms with Crippen molar-refractivity contribution in [1.82, 2.24) is 4.98 Å². The minimum Gasteiger partial charge on any atom is -0.275 e. The molecule has 12 heavy (non-hydrogen) atoms. The molecule has 0 bridgehead atoms. The highest BCUT2D eigenvalue weighted by molar-refractivity contribution is 6.68. The standard InChI is InChI=1S/C7H2ClFN2O/c8-7(12)6-4(9)1-2-11-5(6)3-10/h1-2H. The highest BCUT2D eigenvalue weighted by atomic mass is 35.5. The second-order valence-electron chi connectivity index (χ2n) is 1.90. The van der Waals surface area contributed by atoms with Crippen LogP contribution in [0.15, 0.2) is 12.3 Å². The molecular weight excluding hydrogens is 183 g/mol. The Bertz CT molecular complexity index is 372. The minimum atomic E-state index is -1.02. The van der Waals surface area contributed by atoms with Gasteiger partial charge in [0.25, 0.3) is 5.24 Å². The number of hydrogen-bond donors (Lipinski definition) is 0. The van der Waals surface area contributed by atoms with Crippen LogP contribution in [-0.2, 0) is 0 Å². The molecule has 0 spiro atoms. The van der Waals surface area contributed by atoms with E-state index in [1.54, 1.807) is 6.07 Å². The lowest BCUT2D eigenvalue weighted by atomic mass is 10.2. The highest BCUT2D eigenvalue weighted by Gasteiger charge is 2.15. The molecule has 1 heterocycles. The van der Waals surface area contributed by atoms with Crippen LogP contribution in [0.2, 0.25) is 0 Å². The van der Waals surface area contributed by atoms with Crippen molar-refractivity contribution in [2.24, 2.45) is 0 Å². The molecule has 0 aliphatic carbocycles. The van der Waals surface area contributed by atoms with E-state index in [0.717, 1.165) is 12.3 Å². The van der Waals surface area contributed by atoms with Gasteiger partial charge in [0, 0.05) is 6.20 Å². The van der Waals surface area contributed by atoms with Crippen molar-refractivity contribution in [2.75, 3.05) is 0 Å². The number of nitrogens with zero attached hydrogens (tertiary/aromatic N) is 2. The molecule has 1 rings (SSSR count). The van der Waals surface area contributed by atoms with E-state index in [-0.39, 0.29) is 5.69 Å². The van der Waals surface area contributed by atoms with Crippen LogP contribution < -0.4 is 0 Å². The number of hydrogen-bond acceptors (Lipinski definition) is 3. The SMILES string of the molecule is N#Cc1nccc(F)c1C(=O)Cl. The molecular formula is C7H2ClFN2O. The van der Waals surface area contributed by atoms with E-state index >= 15 is 0 Å². The summed E-state index contributed by atoms with van der Waals surface area (Å²) in [6.45, 7) is 0. The second kappa shape index (κ2) is 3.28. The van der Waals surface area contributed by atoms with E-state index in [0.29, 0.717) is 0 Å². The van der Waals surface area contributed by atoms with E-state index < -0.39 is 16.6 Å². The zero-order valence-corrected chi connectivity index (χ0v) is 6.47. The fraction of sp³-hybridized carbons (Fsp3) is 0. The maximum absolute atomic E-state index is 12.8. The van der Waals surface area contributed by atoms with Gasteiger partial charge in [0.15, 0.2) is 5.69 Å². The first-order valence-electron chi connectivity index (χ1n) is 2.91. The van der Waals surface area contributed by atoms with E-state index in [4.69, 9.17) is 16.9 Å². The highest BCUT2D eigenvalue weighted by Crippen LogP contribution is 2.12. The predicted octanol–water partition coefficient (Wildman–Crippen LogP) is 1.47. The van der Waals surface area contributed by atoms with Gasteiger partial charge in [-0.25, -0.2) is 9.37 Å². The number of aromatic nitrogens is 1. The van der Waals surface area contributed by atoms with E-state index in [1.165, 1.54) is 0 Å². The van der Waals surface area contributed by atoms with Crippen molar-refractivity contribution in [3.8, 4) is 6.07 Å². The third-order valence-corrected chi connectivity index (χ3v) is 1.39. The molecule has 3 nitrogen and oxygen atoms in total. The Morgan fingerprint density at radius 1 is 1.75 bits per heavy atom. The molecule has 60 valence electrons. The first-order chi connectivity index (χ1) is 5.66. The Kier molecular flexibility index (Phi) is 2.36. The molecule has 0 aliphatic heterocycles. The number of halogens is 2. The van der Waals surface area contributed by atoms with Crippen LogP contribution >= 0.6 is 11.6 Å². The van der Waals surface area contributed by atoms with Gasteiger partial charge in [-0.3, -0.25) is 4.79 Å². The second-order valence-corrected chi connectivity index (χ2v) is 2.25. The minimum absolute atomic E-state index is 0.296. The number of carbonyl (C=O) groups is 1. The predicted molar refractivity (Wildman–Crippen MR) is 39.1 cm³/mol. The number of pyridine rings is 1. The fourth-order valence-corrected chi connectivity index (χ4v) is 0.890. The van der Waals surface area contributed by atoms with E-state index in [2.05, 4.69) is 4.98 Å². The molecule has 0 aliphatic rings. The summed E-state index contributed by atoms with van der Waals surface area (Å²) < 4.78 is 12.8. The van der Waals surface area contributed by atoms with Crippen molar-refractivity contribution >= 4 is 16.8 Å². The summed E-state index contributed by atoms with van der Waals surface area (Å²) >= 11 is 5.02. The molecule has 0 saturated heterocycles. The molecule has 0 radical (unpaired) electrons. The smallest absolute Gasteiger partial charge is 0.258 e. The molecule has 0 saturated carbocycles.